The number of rotatable bonds is 2. The van der Waals surface area contributed by atoms with Crippen LogP contribution < -0.4 is 0 Å². The summed E-state index contributed by atoms with van der Waals surface area (Å²) in [5, 5.41) is 11.2. The number of carbonyl (C=O) groups excluding carboxylic acids is 1. The Hall–Kier alpha value is -1.81. The Bertz CT molecular complexity index is 624. The number of β-amino-alcohol motifs (C(OH)–C–C–N with tert-alkyl or cyclic N) is 1. The highest BCUT2D eigenvalue weighted by Gasteiger charge is 2.45. The lowest BCUT2D eigenvalue weighted by atomic mass is 9.82. The molecule has 1 amide bonds. The number of aromatic nitrogens is 1. The summed E-state index contributed by atoms with van der Waals surface area (Å²) in [6.07, 6.45) is 1.86. The van der Waals surface area contributed by atoms with Crippen LogP contribution in [-0.2, 0) is 0 Å². The van der Waals surface area contributed by atoms with E-state index in [2.05, 4.69) is 4.98 Å². The maximum absolute atomic E-state index is 12.3. The molecule has 2 N–H and O–H groups in total. The molecule has 0 bridgehead atoms. The number of H-pyrrole nitrogens is 1. The van der Waals surface area contributed by atoms with E-state index >= 15 is 0 Å². The monoisotopic (exact) mass is 258 g/mol. The Morgan fingerprint density at radius 1 is 1.37 bits per heavy atom. The van der Waals surface area contributed by atoms with Crippen molar-refractivity contribution in [2.24, 2.45) is 5.92 Å². The lowest BCUT2D eigenvalue weighted by Crippen LogP contribution is -2.65. The van der Waals surface area contributed by atoms with Gasteiger partial charge in [0.1, 0.15) is 5.60 Å². The van der Waals surface area contributed by atoms with E-state index in [9.17, 15) is 9.90 Å². The van der Waals surface area contributed by atoms with Crippen LogP contribution in [0.3, 0.4) is 0 Å². The Kier molecular flexibility index (Phi) is 2.64. The summed E-state index contributed by atoms with van der Waals surface area (Å²) >= 11 is 0. The largest absolute Gasteiger partial charge is 0.386 e. The third-order valence-corrected chi connectivity index (χ3v) is 4.09. The lowest BCUT2D eigenvalue weighted by Gasteiger charge is -2.49. The number of carbonyl (C=O) groups is 1. The van der Waals surface area contributed by atoms with Crippen molar-refractivity contribution < 1.29 is 9.90 Å². The Balaban J connectivity index is 1.78. The average molecular weight is 258 g/mol. The number of amides is 1. The molecule has 1 fully saturated rings. The van der Waals surface area contributed by atoms with Crippen LogP contribution in [-0.4, -0.2) is 39.6 Å². The van der Waals surface area contributed by atoms with Gasteiger partial charge in [0.2, 0.25) is 0 Å². The van der Waals surface area contributed by atoms with E-state index in [4.69, 9.17) is 0 Å². The highest BCUT2D eigenvalue weighted by Crippen LogP contribution is 2.30. The van der Waals surface area contributed by atoms with Crippen LogP contribution >= 0.6 is 0 Å². The van der Waals surface area contributed by atoms with Crippen molar-refractivity contribution in [1.82, 2.24) is 9.88 Å². The standard InChI is InChI=1S/C15H18N2O2/c1-10(2)15(19)8-17(9-15)14(18)12-3-4-13-11(7-12)5-6-16-13/h3-7,10,16,19H,8-9H2,1-2H3. The van der Waals surface area contributed by atoms with Crippen molar-refractivity contribution in [2.45, 2.75) is 19.4 Å². The number of hydrogen-bond donors (Lipinski definition) is 2. The predicted octanol–water partition coefficient (Wildman–Crippen LogP) is 2.01. The van der Waals surface area contributed by atoms with Gasteiger partial charge in [0, 0.05) is 22.7 Å². The molecule has 1 aliphatic heterocycles. The van der Waals surface area contributed by atoms with Crippen molar-refractivity contribution in [3.8, 4) is 0 Å². The topological polar surface area (TPSA) is 56.3 Å². The van der Waals surface area contributed by atoms with Crippen molar-refractivity contribution in [1.29, 1.82) is 0 Å². The van der Waals surface area contributed by atoms with Crippen molar-refractivity contribution in [3.05, 3.63) is 36.0 Å². The minimum absolute atomic E-state index is 0.00609. The van der Waals surface area contributed by atoms with Gasteiger partial charge in [-0.05, 0) is 30.2 Å². The molecule has 0 atom stereocenters. The third kappa shape index (κ3) is 1.92. The first-order valence-electron chi connectivity index (χ1n) is 6.58. The molecule has 0 aliphatic carbocycles. The first-order chi connectivity index (χ1) is 8.99. The Labute approximate surface area is 112 Å². The van der Waals surface area contributed by atoms with E-state index in [1.165, 1.54) is 0 Å². The fourth-order valence-corrected chi connectivity index (χ4v) is 2.49. The number of benzene rings is 1. The number of nitrogens with zero attached hydrogens (tertiary/aromatic N) is 1. The van der Waals surface area contributed by atoms with E-state index in [1.54, 1.807) is 4.90 Å². The first kappa shape index (κ1) is 12.2. The second-order valence-electron chi connectivity index (χ2n) is 5.70. The van der Waals surface area contributed by atoms with Crippen LogP contribution in [0.5, 0.6) is 0 Å². The minimum Gasteiger partial charge on any atom is -0.386 e. The summed E-state index contributed by atoms with van der Waals surface area (Å²) in [7, 11) is 0. The molecule has 1 aromatic heterocycles. The molecular formula is C15H18N2O2. The minimum atomic E-state index is -0.714. The predicted molar refractivity (Wildman–Crippen MR) is 74.0 cm³/mol. The number of nitrogens with one attached hydrogen (secondary N) is 1. The van der Waals surface area contributed by atoms with Gasteiger partial charge in [-0.3, -0.25) is 4.79 Å². The maximum atomic E-state index is 12.3. The van der Waals surface area contributed by atoms with E-state index < -0.39 is 5.60 Å². The summed E-state index contributed by atoms with van der Waals surface area (Å²) in [4.78, 5) is 17.1. The molecule has 100 valence electrons. The van der Waals surface area contributed by atoms with Gasteiger partial charge in [0.25, 0.3) is 5.91 Å². The molecule has 1 aliphatic rings. The SMILES string of the molecule is CC(C)C1(O)CN(C(=O)c2ccc3[nH]ccc3c2)C1. The van der Waals surface area contributed by atoms with Gasteiger partial charge in [-0.1, -0.05) is 13.8 Å². The van der Waals surface area contributed by atoms with Crippen molar-refractivity contribution >= 4 is 16.8 Å². The first-order valence-corrected chi connectivity index (χ1v) is 6.58. The number of aliphatic hydroxyl groups is 1. The highest BCUT2D eigenvalue weighted by molar-refractivity contribution is 5.98. The molecule has 3 rings (SSSR count). The average Bonchev–Trinajstić information content (AvgIpc) is 2.80. The van der Waals surface area contributed by atoms with E-state index in [1.807, 2.05) is 44.3 Å². The zero-order valence-corrected chi connectivity index (χ0v) is 11.2. The Morgan fingerprint density at radius 3 is 2.79 bits per heavy atom. The molecular weight excluding hydrogens is 240 g/mol. The molecule has 2 aromatic rings. The van der Waals surface area contributed by atoms with Gasteiger partial charge >= 0.3 is 0 Å². The normalized spacial score (nSPS) is 17.8. The van der Waals surface area contributed by atoms with Crippen LogP contribution in [0.25, 0.3) is 10.9 Å². The van der Waals surface area contributed by atoms with Gasteiger partial charge < -0.3 is 15.0 Å². The number of hydrogen-bond acceptors (Lipinski definition) is 2. The summed E-state index contributed by atoms with van der Waals surface area (Å²) in [5.74, 6) is 0.164. The van der Waals surface area contributed by atoms with Crippen LogP contribution in [0.2, 0.25) is 0 Å². The molecule has 0 radical (unpaired) electrons. The summed E-state index contributed by atoms with van der Waals surface area (Å²) in [6, 6.07) is 7.58. The summed E-state index contributed by atoms with van der Waals surface area (Å²) in [6.45, 7) is 4.81. The molecule has 0 spiro atoms. The van der Waals surface area contributed by atoms with Gasteiger partial charge in [-0.25, -0.2) is 0 Å². The molecule has 1 saturated heterocycles. The molecule has 19 heavy (non-hydrogen) atoms. The van der Waals surface area contributed by atoms with Gasteiger partial charge in [0.05, 0.1) is 13.1 Å². The van der Waals surface area contributed by atoms with Gasteiger partial charge in [-0.2, -0.15) is 0 Å². The maximum Gasteiger partial charge on any atom is 0.254 e. The molecule has 4 heteroatoms. The third-order valence-electron chi connectivity index (χ3n) is 4.09. The summed E-state index contributed by atoms with van der Waals surface area (Å²) < 4.78 is 0. The van der Waals surface area contributed by atoms with Crippen LogP contribution in [0.1, 0.15) is 24.2 Å². The molecule has 1 aromatic carbocycles. The molecule has 0 saturated carbocycles. The van der Waals surface area contributed by atoms with Crippen molar-refractivity contribution in [3.63, 3.8) is 0 Å². The Morgan fingerprint density at radius 2 is 2.11 bits per heavy atom. The van der Waals surface area contributed by atoms with Crippen LogP contribution in [0, 0.1) is 5.92 Å². The van der Waals surface area contributed by atoms with Crippen molar-refractivity contribution in [2.75, 3.05) is 13.1 Å². The number of fused-ring (bicyclic) bond motifs is 1. The quantitative estimate of drug-likeness (QED) is 0.865. The molecule has 2 heterocycles. The van der Waals surface area contributed by atoms with Crippen LogP contribution in [0.15, 0.2) is 30.5 Å². The fraction of sp³-hybridized carbons (Fsp3) is 0.400. The van der Waals surface area contributed by atoms with E-state index in [-0.39, 0.29) is 11.8 Å². The smallest absolute Gasteiger partial charge is 0.254 e. The zero-order valence-electron chi connectivity index (χ0n) is 11.2. The highest BCUT2D eigenvalue weighted by atomic mass is 16.3. The van der Waals surface area contributed by atoms with Gasteiger partial charge in [-0.15, -0.1) is 0 Å². The summed E-state index contributed by atoms with van der Waals surface area (Å²) in [5.41, 5.74) is 0.991. The van der Waals surface area contributed by atoms with E-state index in [0.29, 0.717) is 18.7 Å². The zero-order chi connectivity index (χ0) is 13.6. The lowest BCUT2D eigenvalue weighted by molar-refractivity contribution is -0.110. The molecule has 4 nitrogen and oxygen atoms in total. The number of likely N-dealkylation sites (tertiary alicyclic amines) is 1. The second-order valence-corrected chi connectivity index (χ2v) is 5.70. The number of aromatic amines is 1. The fourth-order valence-electron chi connectivity index (χ4n) is 2.49. The molecule has 0 unspecified atom stereocenters. The van der Waals surface area contributed by atoms with Crippen LogP contribution in [0.4, 0.5) is 0 Å². The van der Waals surface area contributed by atoms with E-state index in [0.717, 1.165) is 10.9 Å². The van der Waals surface area contributed by atoms with Gasteiger partial charge in [0.15, 0.2) is 0 Å². The second kappa shape index (κ2) is 4.10.